The summed E-state index contributed by atoms with van der Waals surface area (Å²) in [5.41, 5.74) is 2.13. The van der Waals surface area contributed by atoms with Gasteiger partial charge in [-0.3, -0.25) is 0 Å². The maximum atomic E-state index is 12.8. The monoisotopic (exact) mass is 329 g/mol. The zero-order valence-electron chi connectivity index (χ0n) is 11.7. The van der Waals surface area contributed by atoms with Gasteiger partial charge >= 0.3 is 0 Å². The van der Waals surface area contributed by atoms with E-state index in [2.05, 4.69) is 5.32 Å². The minimum atomic E-state index is -0.216. The van der Waals surface area contributed by atoms with Gasteiger partial charge in [-0.15, -0.1) is 12.4 Å². The molecule has 5 heteroatoms. The van der Waals surface area contributed by atoms with Crippen LogP contribution in [0.1, 0.15) is 18.1 Å². The first kappa shape index (κ1) is 17.8. The Labute approximate surface area is 135 Å². The van der Waals surface area contributed by atoms with E-state index in [1.807, 2.05) is 25.1 Å². The van der Waals surface area contributed by atoms with E-state index in [4.69, 9.17) is 16.3 Å². The highest BCUT2D eigenvalue weighted by molar-refractivity contribution is 6.32. The molecular weight excluding hydrogens is 312 g/mol. The molecule has 0 aliphatic rings. The van der Waals surface area contributed by atoms with Crippen molar-refractivity contribution in [1.29, 1.82) is 0 Å². The molecule has 0 spiro atoms. The van der Waals surface area contributed by atoms with Crippen molar-refractivity contribution < 1.29 is 9.13 Å². The second-order valence-corrected chi connectivity index (χ2v) is 4.84. The third kappa shape index (κ3) is 5.54. The van der Waals surface area contributed by atoms with Gasteiger partial charge in [0.15, 0.2) is 0 Å². The van der Waals surface area contributed by atoms with Crippen molar-refractivity contribution in [2.24, 2.45) is 0 Å². The quantitative estimate of drug-likeness (QED) is 0.836. The number of benzene rings is 2. The largest absolute Gasteiger partial charge is 0.492 e. The van der Waals surface area contributed by atoms with Crippen molar-refractivity contribution in [3.05, 3.63) is 64.4 Å². The summed E-state index contributed by atoms with van der Waals surface area (Å²) in [4.78, 5) is 0. The van der Waals surface area contributed by atoms with Crippen LogP contribution in [0.25, 0.3) is 0 Å². The standard InChI is InChI=1S/C16H17ClFNO.ClH/c1-2-20-16-8-5-13(9-15(16)17)11-19-10-12-3-6-14(18)7-4-12;/h3-9,19H,2,10-11H2,1H3;1H. The van der Waals surface area contributed by atoms with E-state index in [1.165, 1.54) is 12.1 Å². The van der Waals surface area contributed by atoms with Crippen LogP contribution in [0.3, 0.4) is 0 Å². The van der Waals surface area contributed by atoms with Crippen LogP contribution < -0.4 is 10.1 Å². The predicted octanol–water partition coefficient (Wildman–Crippen LogP) is 4.59. The second kappa shape index (κ2) is 8.88. The van der Waals surface area contributed by atoms with E-state index in [0.29, 0.717) is 30.5 Å². The van der Waals surface area contributed by atoms with Gasteiger partial charge in [-0.1, -0.05) is 29.8 Å². The van der Waals surface area contributed by atoms with Crippen LogP contribution in [-0.2, 0) is 13.1 Å². The fourth-order valence-corrected chi connectivity index (χ4v) is 2.14. The molecule has 0 aliphatic carbocycles. The normalized spacial score (nSPS) is 10.0. The molecule has 1 N–H and O–H groups in total. The smallest absolute Gasteiger partial charge is 0.137 e. The van der Waals surface area contributed by atoms with Crippen LogP contribution >= 0.6 is 24.0 Å². The van der Waals surface area contributed by atoms with Crippen LogP contribution in [0, 0.1) is 5.82 Å². The Morgan fingerprint density at radius 1 is 1.05 bits per heavy atom. The fraction of sp³-hybridized carbons (Fsp3) is 0.250. The van der Waals surface area contributed by atoms with Crippen LogP contribution in [0.15, 0.2) is 42.5 Å². The molecule has 0 unspecified atom stereocenters. The fourth-order valence-electron chi connectivity index (χ4n) is 1.88. The number of nitrogens with one attached hydrogen (secondary N) is 1. The molecule has 2 rings (SSSR count). The number of hydrogen-bond acceptors (Lipinski definition) is 2. The Hall–Kier alpha value is -1.29. The van der Waals surface area contributed by atoms with Crippen molar-refractivity contribution >= 4 is 24.0 Å². The van der Waals surface area contributed by atoms with Crippen molar-refractivity contribution in [3.8, 4) is 5.75 Å². The molecule has 0 saturated carbocycles. The van der Waals surface area contributed by atoms with Gasteiger partial charge < -0.3 is 10.1 Å². The molecule has 0 bridgehead atoms. The van der Waals surface area contributed by atoms with Crippen LogP contribution in [0.2, 0.25) is 5.02 Å². The second-order valence-electron chi connectivity index (χ2n) is 4.43. The number of hydrogen-bond donors (Lipinski definition) is 1. The first-order valence-corrected chi connectivity index (χ1v) is 6.93. The van der Waals surface area contributed by atoms with E-state index in [0.717, 1.165) is 11.1 Å². The SMILES string of the molecule is CCOc1ccc(CNCc2ccc(F)cc2)cc1Cl.Cl. The maximum absolute atomic E-state index is 12.8. The summed E-state index contributed by atoms with van der Waals surface area (Å²) in [6.45, 7) is 3.91. The molecular formula is C16H18Cl2FNO. The highest BCUT2D eigenvalue weighted by atomic mass is 35.5. The lowest BCUT2D eigenvalue weighted by Gasteiger charge is -2.09. The van der Waals surface area contributed by atoms with Crippen LogP contribution in [0.5, 0.6) is 5.75 Å². The van der Waals surface area contributed by atoms with Gasteiger partial charge in [0.05, 0.1) is 11.6 Å². The lowest BCUT2D eigenvalue weighted by molar-refractivity contribution is 0.340. The van der Waals surface area contributed by atoms with Gasteiger partial charge in [0.1, 0.15) is 11.6 Å². The molecule has 0 fully saturated rings. The van der Waals surface area contributed by atoms with Gasteiger partial charge in [0, 0.05) is 13.1 Å². The molecule has 114 valence electrons. The van der Waals surface area contributed by atoms with Crippen molar-refractivity contribution in [2.75, 3.05) is 6.61 Å². The zero-order chi connectivity index (χ0) is 14.4. The lowest BCUT2D eigenvalue weighted by Crippen LogP contribution is -2.12. The number of rotatable bonds is 6. The molecule has 0 amide bonds. The molecule has 0 aliphatic heterocycles. The predicted molar refractivity (Wildman–Crippen MR) is 86.8 cm³/mol. The van der Waals surface area contributed by atoms with E-state index in [1.54, 1.807) is 12.1 Å². The van der Waals surface area contributed by atoms with E-state index >= 15 is 0 Å². The average Bonchev–Trinajstić information content (AvgIpc) is 2.44. The average molecular weight is 330 g/mol. The molecule has 0 atom stereocenters. The molecule has 0 radical (unpaired) electrons. The highest BCUT2D eigenvalue weighted by Gasteiger charge is 2.02. The Kier molecular flexibility index (Phi) is 7.51. The first-order valence-electron chi connectivity index (χ1n) is 6.55. The van der Waals surface area contributed by atoms with Crippen molar-refractivity contribution in [3.63, 3.8) is 0 Å². The van der Waals surface area contributed by atoms with Gasteiger partial charge in [-0.25, -0.2) is 4.39 Å². The number of ether oxygens (including phenoxy) is 1. The first-order chi connectivity index (χ1) is 9.69. The van der Waals surface area contributed by atoms with E-state index < -0.39 is 0 Å². The number of halogens is 3. The third-order valence-corrected chi connectivity index (χ3v) is 3.16. The molecule has 0 heterocycles. The van der Waals surface area contributed by atoms with Gasteiger partial charge in [-0.2, -0.15) is 0 Å². The Bertz CT molecular complexity index is 561. The molecule has 21 heavy (non-hydrogen) atoms. The molecule has 0 aromatic heterocycles. The van der Waals surface area contributed by atoms with Crippen LogP contribution in [0.4, 0.5) is 4.39 Å². The topological polar surface area (TPSA) is 21.3 Å². The molecule has 2 aromatic rings. The van der Waals surface area contributed by atoms with Crippen molar-refractivity contribution in [1.82, 2.24) is 5.32 Å². The minimum Gasteiger partial charge on any atom is -0.492 e. The van der Waals surface area contributed by atoms with Crippen LogP contribution in [-0.4, -0.2) is 6.61 Å². The third-order valence-electron chi connectivity index (χ3n) is 2.87. The summed E-state index contributed by atoms with van der Waals surface area (Å²) in [5, 5.41) is 3.91. The maximum Gasteiger partial charge on any atom is 0.137 e. The lowest BCUT2D eigenvalue weighted by atomic mass is 10.2. The summed E-state index contributed by atoms with van der Waals surface area (Å²) in [6.07, 6.45) is 0. The Morgan fingerprint density at radius 2 is 1.67 bits per heavy atom. The van der Waals surface area contributed by atoms with E-state index in [-0.39, 0.29) is 18.2 Å². The summed E-state index contributed by atoms with van der Waals surface area (Å²) >= 11 is 6.13. The van der Waals surface area contributed by atoms with E-state index in [9.17, 15) is 4.39 Å². The Morgan fingerprint density at radius 3 is 2.29 bits per heavy atom. The molecule has 0 saturated heterocycles. The molecule has 2 nitrogen and oxygen atoms in total. The highest BCUT2D eigenvalue weighted by Crippen LogP contribution is 2.25. The van der Waals surface area contributed by atoms with Crippen molar-refractivity contribution in [2.45, 2.75) is 20.0 Å². The summed E-state index contributed by atoms with van der Waals surface area (Å²) < 4.78 is 18.2. The minimum absolute atomic E-state index is 0. The summed E-state index contributed by atoms with van der Waals surface area (Å²) in [7, 11) is 0. The summed E-state index contributed by atoms with van der Waals surface area (Å²) in [5.74, 6) is 0.489. The molecule has 2 aromatic carbocycles. The van der Waals surface area contributed by atoms with Gasteiger partial charge in [0.2, 0.25) is 0 Å². The van der Waals surface area contributed by atoms with Gasteiger partial charge in [0.25, 0.3) is 0 Å². The summed E-state index contributed by atoms with van der Waals surface area (Å²) in [6, 6.07) is 12.2. The Balaban J connectivity index is 0.00000220. The van der Waals surface area contributed by atoms with Gasteiger partial charge in [-0.05, 0) is 42.3 Å². The zero-order valence-corrected chi connectivity index (χ0v) is 13.3.